The van der Waals surface area contributed by atoms with Gasteiger partial charge in [-0.15, -0.1) is 0 Å². The Balaban J connectivity index is 2.10. The summed E-state index contributed by atoms with van der Waals surface area (Å²) in [5, 5.41) is 12.7. The number of nitrogens with one attached hydrogen (secondary N) is 1. The Morgan fingerprint density at radius 2 is 1.53 bits per heavy atom. The molecule has 2 aliphatic heterocycles. The third kappa shape index (κ3) is 2.99. The van der Waals surface area contributed by atoms with E-state index in [4.69, 9.17) is 14.6 Å². The van der Waals surface area contributed by atoms with E-state index in [-0.39, 0.29) is 23.6 Å². The maximum atomic E-state index is 9.11. The van der Waals surface area contributed by atoms with Crippen molar-refractivity contribution in [2.45, 2.75) is 57.4 Å². The smallest absolute Gasteiger partial charge is 0.171 e. The standard InChI is InChI=1S/C13H25NO3/c1-11(2)8-13(9-12(3,4)14-11)16-6-10(5-15)7-17-13/h10,14-15H,5-9H2,1-4H3. The Kier molecular flexibility index (Phi) is 3.28. The van der Waals surface area contributed by atoms with E-state index < -0.39 is 5.79 Å². The van der Waals surface area contributed by atoms with Gasteiger partial charge in [0.25, 0.3) is 0 Å². The van der Waals surface area contributed by atoms with Gasteiger partial charge >= 0.3 is 0 Å². The van der Waals surface area contributed by atoms with Gasteiger partial charge in [0.05, 0.1) is 19.8 Å². The van der Waals surface area contributed by atoms with Crippen molar-refractivity contribution in [3.63, 3.8) is 0 Å². The summed E-state index contributed by atoms with van der Waals surface area (Å²) in [4.78, 5) is 0. The van der Waals surface area contributed by atoms with Crippen LogP contribution >= 0.6 is 0 Å². The highest BCUT2D eigenvalue weighted by Crippen LogP contribution is 2.41. The lowest BCUT2D eigenvalue weighted by Gasteiger charge is -2.54. The summed E-state index contributed by atoms with van der Waals surface area (Å²) in [7, 11) is 0. The largest absolute Gasteiger partial charge is 0.396 e. The topological polar surface area (TPSA) is 50.7 Å². The summed E-state index contributed by atoms with van der Waals surface area (Å²) < 4.78 is 11.9. The van der Waals surface area contributed by atoms with Crippen molar-refractivity contribution in [2.75, 3.05) is 19.8 Å². The molecule has 2 fully saturated rings. The molecule has 2 aliphatic rings. The molecule has 0 atom stereocenters. The molecule has 2 saturated heterocycles. The number of aliphatic hydroxyl groups is 1. The highest BCUT2D eigenvalue weighted by molar-refractivity contribution is 5.02. The first kappa shape index (κ1) is 13.3. The number of hydrogen-bond acceptors (Lipinski definition) is 4. The molecule has 2 N–H and O–H groups in total. The SMILES string of the molecule is CC1(C)CC2(CC(C)(C)N1)OCC(CO)CO2. The van der Waals surface area contributed by atoms with Crippen molar-refractivity contribution in [1.29, 1.82) is 0 Å². The van der Waals surface area contributed by atoms with Crippen LogP contribution in [0.15, 0.2) is 0 Å². The Labute approximate surface area is 104 Å². The van der Waals surface area contributed by atoms with E-state index >= 15 is 0 Å². The molecular formula is C13H25NO3. The first-order chi connectivity index (χ1) is 7.76. The molecule has 100 valence electrons. The Bertz CT molecular complexity index is 262. The van der Waals surface area contributed by atoms with Crippen molar-refractivity contribution >= 4 is 0 Å². The number of rotatable bonds is 1. The van der Waals surface area contributed by atoms with E-state index in [9.17, 15) is 0 Å². The molecule has 17 heavy (non-hydrogen) atoms. The zero-order valence-corrected chi connectivity index (χ0v) is 11.4. The van der Waals surface area contributed by atoms with E-state index in [2.05, 4.69) is 33.0 Å². The van der Waals surface area contributed by atoms with Crippen LogP contribution in [0.3, 0.4) is 0 Å². The lowest BCUT2D eigenvalue weighted by Crippen LogP contribution is -2.66. The van der Waals surface area contributed by atoms with E-state index in [1.165, 1.54) is 0 Å². The molecule has 2 heterocycles. The van der Waals surface area contributed by atoms with Crippen LogP contribution in [0.1, 0.15) is 40.5 Å². The first-order valence-corrected chi connectivity index (χ1v) is 6.44. The van der Waals surface area contributed by atoms with Crippen LogP contribution in [0.2, 0.25) is 0 Å². The van der Waals surface area contributed by atoms with Gasteiger partial charge in [0, 0.05) is 29.8 Å². The number of hydrogen-bond donors (Lipinski definition) is 2. The normalized spacial score (nSPS) is 31.6. The highest BCUT2D eigenvalue weighted by Gasteiger charge is 2.50. The molecule has 4 nitrogen and oxygen atoms in total. The second kappa shape index (κ2) is 4.19. The predicted octanol–water partition coefficient (Wildman–Crippen LogP) is 1.28. The van der Waals surface area contributed by atoms with Gasteiger partial charge in [-0.2, -0.15) is 0 Å². The molecule has 0 aromatic rings. The molecule has 0 aromatic heterocycles. The summed E-state index contributed by atoms with van der Waals surface area (Å²) >= 11 is 0. The van der Waals surface area contributed by atoms with Crippen LogP contribution < -0.4 is 5.32 Å². The number of ether oxygens (including phenoxy) is 2. The maximum absolute atomic E-state index is 9.11. The van der Waals surface area contributed by atoms with Crippen molar-refractivity contribution in [3.8, 4) is 0 Å². The minimum absolute atomic E-state index is 0.00774. The van der Waals surface area contributed by atoms with Crippen LogP contribution in [0.5, 0.6) is 0 Å². The summed E-state index contributed by atoms with van der Waals surface area (Å²) in [6.45, 7) is 10.1. The van der Waals surface area contributed by atoms with Crippen molar-refractivity contribution < 1.29 is 14.6 Å². The molecule has 0 unspecified atom stereocenters. The van der Waals surface area contributed by atoms with Gasteiger partial charge < -0.3 is 19.9 Å². The fourth-order valence-electron chi connectivity index (χ4n) is 3.35. The summed E-state index contributed by atoms with van der Waals surface area (Å²) in [6.07, 6.45) is 1.70. The molecule has 0 aliphatic carbocycles. The van der Waals surface area contributed by atoms with Gasteiger partial charge in [0.2, 0.25) is 0 Å². The third-order valence-electron chi connectivity index (χ3n) is 3.52. The van der Waals surface area contributed by atoms with Crippen molar-refractivity contribution in [1.82, 2.24) is 5.32 Å². The summed E-state index contributed by atoms with van der Waals surface area (Å²) in [5.74, 6) is -0.342. The predicted molar refractivity (Wildman–Crippen MR) is 65.7 cm³/mol. The molecule has 0 radical (unpaired) electrons. The third-order valence-corrected chi connectivity index (χ3v) is 3.52. The summed E-state index contributed by atoms with van der Waals surface area (Å²) in [6, 6.07) is 0. The zero-order valence-electron chi connectivity index (χ0n) is 11.4. The molecule has 0 amide bonds. The van der Waals surface area contributed by atoms with E-state index in [0.29, 0.717) is 13.2 Å². The zero-order chi connectivity index (χ0) is 12.7. The van der Waals surface area contributed by atoms with Crippen LogP contribution in [-0.2, 0) is 9.47 Å². The van der Waals surface area contributed by atoms with Gasteiger partial charge in [0.15, 0.2) is 5.79 Å². The number of piperidine rings is 1. The van der Waals surface area contributed by atoms with E-state index in [1.807, 2.05) is 0 Å². The fourth-order valence-corrected chi connectivity index (χ4v) is 3.35. The van der Waals surface area contributed by atoms with Gasteiger partial charge in [-0.05, 0) is 27.7 Å². The molecule has 1 spiro atoms. The van der Waals surface area contributed by atoms with Crippen LogP contribution in [0.4, 0.5) is 0 Å². The van der Waals surface area contributed by atoms with E-state index in [0.717, 1.165) is 12.8 Å². The highest BCUT2D eigenvalue weighted by atomic mass is 16.7. The Morgan fingerprint density at radius 1 is 1.06 bits per heavy atom. The van der Waals surface area contributed by atoms with Gasteiger partial charge in [-0.3, -0.25) is 0 Å². The average Bonchev–Trinajstić information content (AvgIpc) is 2.13. The number of aliphatic hydroxyl groups excluding tert-OH is 1. The van der Waals surface area contributed by atoms with Gasteiger partial charge in [-0.1, -0.05) is 0 Å². The second-order valence-electron chi connectivity index (χ2n) is 6.83. The Morgan fingerprint density at radius 3 is 1.94 bits per heavy atom. The molecule has 0 aromatic carbocycles. The molecular weight excluding hydrogens is 218 g/mol. The second-order valence-corrected chi connectivity index (χ2v) is 6.83. The van der Waals surface area contributed by atoms with Crippen LogP contribution in [0.25, 0.3) is 0 Å². The maximum Gasteiger partial charge on any atom is 0.171 e. The minimum Gasteiger partial charge on any atom is -0.396 e. The molecule has 0 saturated carbocycles. The molecule has 0 bridgehead atoms. The lowest BCUT2D eigenvalue weighted by molar-refractivity contribution is -0.312. The Hall–Kier alpha value is -0.160. The quantitative estimate of drug-likeness (QED) is 0.728. The van der Waals surface area contributed by atoms with Crippen molar-refractivity contribution in [2.24, 2.45) is 5.92 Å². The average molecular weight is 243 g/mol. The molecule has 4 heteroatoms. The van der Waals surface area contributed by atoms with Gasteiger partial charge in [-0.25, -0.2) is 0 Å². The minimum atomic E-state index is -0.468. The van der Waals surface area contributed by atoms with Gasteiger partial charge in [0.1, 0.15) is 0 Å². The summed E-state index contributed by atoms with van der Waals surface area (Å²) in [5.41, 5.74) is 0.0155. The van der Waals surface area contributed by atoms with E-state index in [1.54, 1.807) is 0 Å². The fraction of sp³-hybridized carbons (Fsp3) is 1.00. The first-order valence-electron chi connectivity index (χ1n) is 6.44. The molecule has 2 rings (SSSR count). The van der Waals surface area contributed by atoms with Crippen LogP contribution in [-0.4, -0.2) is 41.8 Å². The van der Waals surface area contributed by atoms with Crippen molar-refractivity contribution in [3.05, 3.63) is 0 Å². The monoisotopic (exact) mass is 243 g/mol. The lowest BCUT2D eigenvalue weighted by atomic mass is 9.78. The van der Waals surface area contributed by atoms with Crippen LogP contribution in [0, 0.1) is 5.92 Å².